The number of nitrogens with one attached hydrogen (secondary N) is 1. The Hall–Kier alpha value is -3.60. The third-order valence-corrected chi connectivity index (χ3v) is 5.50. The largest absolute Gasteiger partial charge is 0.494 e. The molecule has 4 rings (SSSR count). The molecule has 1 aliphatic rings. The second-order valence-corrected chi connectivity index (χ2v) is 7.68. The number of hydrogen-bond donors (Lipinski definition) is 1. The topological polar surface area (TPSA) is 58.6 Å². The highest BCUT2D eigenvalue weighted by atomic mass is 16.5. The molecule has 3 aromatic rings. The van der Waals surface area contributed by atoms with Crippen LogP contribution in [0.25, 0.3) is 0 Å². The van der Waals surface area contributed by atoms with Crippen LogP contribution in [0.15, 0.2) is 72.8 Å². The van der Waals surface area contributed by atoms with Gasteiger partial charge >= 0.3 is 0 Å². The monoisotopic (exact) mass is 414 g/mol. The highest BCUT2D eigenvalue weighted by Gasteiger charge is 2.28. The molecule has 0 saturated carbocycles. The fraction of sp³-hybridized carbons (Fsp3) is 0.231. The van der Waals surface area contributed by atoms with Crippen LogP contribution in [0.2, 0.25) is 0 Å². The molecule has 5 nitrogen and oxygen atoms in total. The average Bonchev–Trinajstić information content (AvgIpc) is 3.09. The molecule has 0 saturated heterocycles. The molecule has 5 heteroatoms. The summed E-state index contributed by atoms with van der Waals surface area (Å²) in [4.78, 5) is 27.2. The second-order valence-electron chi connectivity index (χ2n) is 7.68. The summed E-state index contributed by atoms with van der Waals surface area (Å²) in [6, 6.07) is 23.0. The lowest BCUT2D eigenvalue weighted by molar-refractivity contribution is -0.117. The van der Waals surface area contributed by atoms with Gasteiger partial charge in [-0.05, 0) is 60.9 Å². The number of rotatable bonds is 7. The van der Waals surface area contributed by atoms with E-state index in [1.54, 1.807) is 11.0 Å². The van der Waals surface area contributed by atoms with Gasteiger partial charge in [-0.1, -0.05) is 42.5 Å². The van der Waals surface area contributed by atoms with Crippen molar-refractivity contribution < 1.29 is 14.3 Å². The van der Waals surface area contributed by atoms with E-state index < -0.39 is 0 Å². The van der Waals surface area contributed by atoms with E-state index in [9.17, 15) is 9.59 Å². The SMILES string of the molecule is CCOc1ccc(C(C)NC(=O)c2ccc3c(c2)CC(=O)N3Cc2ccccc2)cc1. The normalized spacial score (nSPS) is 13.6. The molecular formula is C26H26N2O3. The Bertz CT molecular complexity index is 1080. The average molecular weight is 415 g/mol. The minimum atomic E-state index is -0.154. The van der Waals surface area contributed by atoms with Gasteiger partial charge in [0, 0.05) is 11.3 Å². The van der Waals surface area contributed by atoms with E-state index >= 15 is 0 Å². The number of fused-ring (bicyclic) bond motifs is 1. The van der Waals surface area contributed by atoms with Gasteiger partial charge < -0.3 is 15.0 Å². The quantitative estimate of drug-likeness (QED) is 0.611. The summed E-state index contributed by atoms with van der Waals surface area (Å²) in [7, 11) is 0. The maximum Gasteiger partial charge on any atom is 0.251 e. The molecule has 1 atom stereocenters. The molecule has 1 heterocycles. The zero-order valence-electron chi connectivity index (χ0n) is 17.8. The lowest BCUT2D eigenvalue weighted by Crippen LogP contribution is -2.27. The first-order valence-electron chi connectivity index (χ1n) is 10.6. The number of anilines is 1. The first kappa shape index (κ1) is 20.7. The summed E-state index contributed by atoms with van der Waals surface area (Å²) in [6.07, 6.45) is 0.317. The molecule has 0 radical (unpaired) electrons. The van der Waals surface area contributed by atoms with E-state index in [0.717, 1.165) is 28.1 Å². The van der Waals surface area contributed by atoms with Gasteiger partial charge in [-0.15, -0.1) is 0 Å². The number of carbonyl (C=O) groups is 2. The molecule has 1 unspecified atom stereocenters. The Kier molecular flexibility index (Phi) is 6.03. The Morgan fingerprint density at radius 3 is 2.52 bits per heavy atom. The van der Waals surface area contributed by atoms with Crippen LogP contribution in [0, 0.1) is 0 Å². The number of ether oxygens (including phenoxy) is 1. The molecule has 3 aromatic carbocycles. The van der Waals surface area contributed by atoms with Crippen LogP contribution < -0.4 is 15.0 Å². The number of nitrogens with zero attached hydrogens (tertiary/aromatic N) is 1. The molecule has 1 aliphatic heterocycles. The summed E-state index contributed by atoms with van der Waals surface area (Å²) in [5, 5.41) is 3.04. The van der Waals surface area contributed by atoms with E-state index in [1.807, 2.05) is 80.6 Å². The Balaban J connectivity index is 1.45. The second kappa shape index (κ2) is 9.04. The molecular weight excluding hydrogens is 388 g/mol. The van der Waals surface area contributed by atoms with Gasteiger partial charge in [-0.3, -0.25) is 9.59 Å². The van der Waals surface area contributed by atoms with Crippen LogP contribution in [0.1, 0.15) is 46.9 Å². The highest BCUT2D eigenvalue weighted by molar-refractivity contribution is 6.03. The van der Waals surface area contributed by atoms with Gasteiger partial charge in [0.05, 0.1) is 25.6 Å². The van der Waals surface area contributed by atoms with Crippen LogP contribution in [-0.2, 0) is 17.8 Å². The molecule has 31 heavy (non-hydrogen) atoms. The van der Waals surface area contributed by atoms with Crippen LogP contribution in [0.3, 0.4) is 0 Å². The summed E-state index contributed by atoms with van der Waals surface area (Å²) in [5.74, 6) is 0.713. The van der Waals surface area contributed by atoms with Crippen molar-refractivity contribution in [1.29, 1.82) is 0 Å². The molecule has 0 spiro atoms. The van der Waals surface area contributed by atoms with Gasteiger partial charge in [0.15, 0.2) is 0 Å². The molecule has 2 amide bonds. The van der Waals surface area contributed by atoms with Crippen molar-refractivity contribution in [3.8, 4) is 5.75 Å². The number of amides is 2. The fourth-order valence-corrected chi connectivity index (χ4v) is 3.85. The maximum absolute atomic E-state index is 12.8. The summed E-state index contributed by atoms with van der Waals surface area (Å²) in [6.45, 7) is 5.05. The van der Waals surface area contributed by atoms with E-state index in [2.05, 4.69) is 5.32 Å². The lowest BCUT2D eigenvalue weighted by Gasteiger charge is -2.18. The van der Waals surface area contributed by atoms with E-state index in [4.69, 9.17) is 4.74 Å². The van der Waals surface area contributed by atoms with Crippen LogP contribution in [0.5, 0.6) is 5.75 Å². The summed E-state index contributed by atoms with van der Waals surface area (Å²) in [5.41, 5.74) is 4.41. The molecule has 0 fully saturated rings. The fourth-order valence-electron chi connectivity index (χ4n) is 3.85. The predicted octanol–water partition coefficient (Wildman–Crippen LogP) is 4.67. The molecule has 158 valence electrons. The van der Waals surface area contributed by atoms with Crippen molar-refractivity contribution >= 4 is 17.5 Å². The maximum atomic E-state index is 12.8. The van der Waals surface area contributed by atoms with E-state index in [-0.39, 0.29) is 17.9 Å². The summed E-state index contributed by atoms with van der Waals surface area (Å²) < 4.78 is 5.47. The van der Waals surface area contributed by atoms with Gasteiger partial charge in [0.2, 0.25) is 5.91 Å². The van der Waals surface area contributed by atoms with Gasteiger partial charge in [-0.25, -0.2) is 0 Å². The van der Waals surface area contributed by atoms with Crippen LogP contribution >= 0.6 is 0 Å². The van der Waals surface area contributed by atoms with Crippen molar-refractivity contribution in [2.24, 2.45) is 0 Å². The molecule has 0 aliphatic carbocycles. The van der Waals surface area contributed by atoms with Gasteiger partial charge in [0.25, 0.3) is 5.91 Å². The van der Waals surface area contributed by atoms with Crippen molar-refractivity contribution in [3.63, 3.8) is 0 Å². The van der Waals surface area contributed by atoms with Crippen LogP contribution in [0.4, 0.5) is 5.69 Å². The third kappa shape index (κ3) is 4.61. The van der Waals surface area contributed by atoms with Crippen molar-refractivity contribution in [2.45, 2.75) is 32.9 Å². The van der Waals surface area contributed by atoms with Crippen molar-refractivity contribution in [2.75, 3.05) is 11.5 Å². The zero-order chi connectivity index (χ0) is 21.8. The number of carbonyl (C=O) groups excluding carboxylic acids is 2. The predicted molar refractivity (Wildman–Crippen MR) is 121 cm³/mol. The molecule has 0 bridgehead atoms. The van der Waals surface area contributed by atoms with Crippen molar-refractivity contribution in [1.82, 2.24) is 5.32 Å². The Morgan fingerprint density at radius 1 is 1.06 bits per heavy atom. The molecule has 0 aromatic heterocycles. The van der Waals surface area contributed by atoms with E-state index in [0.29, 0.717) is 25.1 Å². The lowest BCUT2D eigenvalue weighted by atomic mass is 10.1. The number of hydrogen-bond acceptors (Lipinski definition) is 3. The van der Waals surface area contributed by atoms with Crippen LogP contribution in [-0.4, -0.2) is 18.4 Å². The minimum absolute atomic E-state index is 0.0548. The summed E-state index contributed by atoms with van der Waals surface area (Å²) >= 11 is 0. The highest BCUT2D eigenvalue weighted by Crippen LogP contribution is 2.31. The standard InChI is InChI=1S/C26H26N2O3/c1-3-31-23-12-9-20(10-13-23)18(2)27-26(30)21-11-14-24-22(15-21)16-25(29)28(24)17-19-7-5-4-6-8-19/h4-15,18H,3,16-17H2,1-2H3,(H,27,30). The molecule has 1 N–H and O–H groups in total. The zero-order valence-corrected chi connectivity index (χ0v) is 17.8. The van der Waals surface area contributed by atoms with E-state index in [1.165, 1.54) is 0 Å². The first-order chi connectivity index (χ1) is 15.0. The number of benzene rings is 3. The third-order valence-electron chi connectivity index (χ3n) is 5.50. The van der Waals surface area contributed by atoms with Gasteiger partial charge in [0.1, 0.15) is 5.75 Å². The Labute approximate surface area is 182 Å². The Morgan fingerprint density at radius 2 is 1.81 bits per heavy atom. The smallest absolute Gasteiger partial charge is 0.251 e. The van der Waals surface area contributed by atoms with Gasteiger partial charge in [-0.2, -0.15) is 0 Å². The minimum Gasteiger partial charge on any atom is -0.494 e. The first-order valence-corrected chi connectivity index (χ1v) is 10.6. The van der Waals surface area contributed by atoms with Crippen molar-refractivity contribution in [3.05, 3.63) is 95.1 Å².